The minimum atomic E-state index is -1.25. The van der Waals surface area contributed by atoms with E-state index in [-0.39, 0.29) is 36.1 Å². The van der Waals surface area contributed by atoms with Gasteiger partial charge in [0.25, 0.3) is 11.8 Å². The molecule has 5 rings (SSSR count). The number of likely N-dealkylation sites (N-methyl/N-ethyl adjacent to an activating group) is 1. The Morgan fingerprint density at radius 2 is 1.85 bits per heavy atom. The van der Waals surface area contributed by atoms with Crippen LogP contribution in [0, 0.1) is 0 Å². The van der Waals surface area contributed by atoms with Gasteiger partial charge in [0.05, 0.1) is 16.0 Å². The molecule has 2 aromatic carbocycles. The van der Waals surface area contributed by atoms with E-state index in [0.29, 0.717) is 49.7 Å². The van der Waals surface area contributed by atoms with Crippen molar-refractivity contribution >= 4 is 35.0 Å². The molecule has 0 spiro atoms. The summed E-state index contributed by atoms with van der Waals surface area (Å²) in [5, 5.41) is 2.48. The quantitative estimate of drug-likeness (QED) is 0.297. The Hall–Kier alpha value is -3.45. The van der Waals surface area contributed by atoms with Crippen LogP contribution in [0.4, 0.5) is 0 Å². The molecular formula is C29H35N5O6S. The molecule has 0 saturated carbocycles. The maximum atomic E-state index is 13.2. The van der Waals surface area contributed by atoms with E-state index in [4.69, 9.17) is 10.5 Å². The lowest BCUT2D eigenvalue weighted by atomic mass is 10.0. The summed E-state index contributed by atoms with van der Waals surface area (Å²) >= 11 is 0. The average Bonchev–Trinajstić information content (AvgIpc) is 3.21. The highest BCUT2D eigenvalue weighted by molar-refractivity contribution is 7.82. The number of nitrogens with one attached hydrogen (secondary N) is 1. The van der Waals surface area contributed by atoms with Gasteiger partial charge in [-0.25, -0.2) is 8.51 Å². The molecule has 3 aliphatic rings. The normalized spacial score (nSPS) is 19.9. The molecule has 0 radical (unpaired) electrons. The Morgan fingerprint density at radius 1 is 1.12 bits per heavy atom. The number of nitrogens with two attached hydrogens (primary N) is 1. The first-order valence-electron chi connectivity index (χ1n) is 13.9. The third-order valence-corrected chi connectivity index (χ3v) is 9.27. The lowest BCUT2D eigenvalue weighted by Crippen LogP contribution is -2.53. The predicted octanol–water partition coefficient (Wildman–Crippen LogP) is 1.09. The fourth-order valence-electron chi connectivity index (χ4n) is 5.48. The van der Waals surface area contributed by atoms with Crippen LogP contribution < -0.4 is 15.8 Å². The summed E-state index contributed by atoms with van der Waals surface area (Å²) in [5.74, 6) is -0.862. The van der Waals surface area contributed by atoms with Crippen molar-refractivity contribution in [3.63, 3.8) is 0 Å². The third-order valence-electron chi connectivity index (χ3n) is 7.77. The second-order valence-corrected chi connectivity index (χ2v) is 12.1. The number of likely N-dealkylation sites (tertiary alicyclic amines) is 1. The number of carbonyl (C=O) groups excluding carboxylic acids is 4. The number of hydrogen-bond donors (Lipinski definition) is 2. The SMILES string of the molecule is CNC(=O)C(CCC=O)N1C(=O)c2ccc(CN3CC(Oc4cccc(S(=O)N5CCC(N)CC5)c4)C3)cc2C1=O. The predicted molar refractivity (Wildman–Crippen MR) is 151 cm³/mol. The zero-order chi connectivity index (χ0) is 29.1. The number of hydrogen-bond acceptors (Lipinski definition) is 8. The van der Waals surface area contributed by atoms with Crippen LogP contribution in [0.15, 0.2) is 47.4 Å². The monoisotopic (exact) mass is 581 g/mol. The fourth-order valence-corrected chi connectivity index (χ4v) is 6.73. The van der Waals surface area contributed by atoms with Crippen molar-refractivity contribution in [1.82, 2.24) is 19.4 Å². The molecule has 2 unspecified atom stereocenters. The van der Waals surface area contributed by atoms with E-state index in [1.165, 1.54) is 7.05 Å². The molecule has 2 saturated heterocycles. The molecule has 2 aromatic rings. The van der Waals surface area contributed by atoms with Gasteiger partial charge in [-0.1, -0.05) is 12.1 Å². The largest absolute Gasteiger partial charge is 0.488 e. The number of carbonyl (C=O) groups is 4. The molecule has 0 bridgehead atoms. The molecule has 218 valence electrons. The van der Waals surface area contributed by atoms with Gasteiger partial charge in [0.2, 0.25) is 5.91 Å². The van der Waals surface area contributed by atoms with Gasteiger partial charge in [-0.15, -0.1) is 0 Å². The van der Waals surface area contributed by atoms with Crippen LogP contribution in [0.5, 0.6) is 5.75 Å². The Morgan fingerprint density at radius 3 is 2.56 bits per heavy atom. The highest BCUT2D eigenvalue weighted by Gasteiger charge is 2.42. The van der Waals surface area contributed by atoms with Crippen molar-refractivity contribution < 1.29 is 28.1 Å². The van der Waals surface area contributed by atoms with Crippen LogP contribution in [-0.4, -0.2) is 93.7 Å². The molecule has 3 aliphatic heterocycles. The van der Waals surface area contributed by atoms with Gasteiger partial charge < -0.3 is 20.6 Å². The van der Waals surface area contributed by atoms with Gasteiger partial charge in [-0.3, -0.25) is 24.2 Å². The zero-order valence-electron chi connectivity index (χ0n) is 23.0. The van der Waals surface area contributed by atoms with Crippen LogP contribution >= 0.6 is 0 Å². The molecule has 2 atom stereocenters. The number of nitrogens with zero attached hydrogens (tertiary/aromatic N) is 3. The van der Waals surface area contributed by atoms with E-state index in [1.54, 1.807) is 12.1 Å². The summed E-state index contributed by atoms with van der Waals surface area (Å²) in [6.45, 7) is 3.35. The van der Waals surface area contributed by atoms with E-state index >= 15 is 0 Å². The van der Waals surface area contributed by atoms with Gasteiger partial charge in [-0.05, 0) is 55.2 Å². The van der Waals surface area contributed by atoms with E-state index in [9.17, 15) is 23.4 Å². The average molecular weight is 582 g/mol. The van der Waals surface area contributed by atoms with Gasteiger partial charge in [0.1, 0.15) is 35.2 Å². The number of piperidine rings is 1. The van der Waals surface area contributed by atoms with Crippen molar-refractivity contribution in [3.8, 4) is 5.75 Å². The number of imide groups is 1. The fraction of sp³-hybridized carbons (Fsp3) is 0.448. The Bertz CT molecular complexity index is 1350. The molecule has 12 heteroatoms. The summed E-state index contributed by atoms with van der Waals surface area (Å²) in [7, 11) is 0.182. The molecule has 0 aliphatic carbocycles. The molecule has 3 N–H and O–H groups in total. The second-order valence-electron chi connectivity index (χ2n) is 10.7. The lowest BCUT2D eigenvalue weighted by molar-refractivity contribution is -0.124. The summed E-state index contributed by atoms with van der Waals surface area (Å²) in [6, 6.07) is 11.7. The topological polar surface area (TPSA) is 142 Å². The molecular weight excluding hydrogens is 546 g/mol. The molecule has 3 heterocycles. The number of fused-ring (bicyclic) bond motifs is 1. The summed E-state index contributed by atoms with van der Waals surface area (Å²) in [6.07, 6.45) is 2.45. The summed E-state index contributed by atoms with van der Waals surface area (Å²) in [5.41, 5.74) is 7.37. The van der Waals surface area contributed by atoms with Gasteiger partial charge in [-0.2, -0.15) is 0 Å². The number of amides is 3. The van der Waals surface area contributed by atoms with E-state index in [1.807, 2.05) is 34.6 Å². The van der Waals surface area contributed by atoms with Crippen molar-refractivity contribution in [2.45, 2.75) is 55.3 Å². The van der Waals surface area contributed by atoms with Crippen LogP contribution in [0.3, 0.4) is 0 Å². The Kier molecular flexibility index (Phi) is 8.93. The van der Waals surface area contributed by atoms with Crippen molar-refractivity contribution in [3.05, 3.63) is 59.2 Å². The van der Waals surface area contributed by atoms with E-state index in [0.717, 1.165) is 23.3 Å². The van der Waals surface area contributed by atoms with Crippen LogP contribution in [0.1, 0.15) is 52.0 Å². The van der Waals surface area contributed by atoms with Gasteiger partial charge >= 0.3 is 0 Å². The zero-order valence-corrected chi connectivity index (χ0v) is 23.8. The third kappa shape index (κ3) is 6.25. The first-order valence-corrected chi connectivity index (χ1v) is 15.0. The highest BCUT2D eigenvalue weighted by Crippen LogP contribution is 2.29. The van der Waals surface area contributed by atoms with Crippen molar-refractivity contribution in [2.24, 2.45) is 5.73 Å². The van der Waals surface area contributed by atoms with E-state index in [2.05, 4.69) is 10.2 Å². The molecule has 2 fully saturated rings. The molecule has 0 aromatic heterocycles. The molecule has 41 heavy (non-hydrogen) atoms. The number of rotatable bonds is 11. The van der Waals surface area contributed by atoms with Crippen LogP contribution in [0.2, 0.25) is 0 Å². The molecule has 3 amide bonds. The summed E-state index contributed by atoms with van der Waals surface area (Å²) in [4.78, 5) is 53.3. The smallest absolute Gasteiger partial charge is 0.262 e. The van der Waals surface area contributed by atoms with E-state index < -0.39 is 34.7 Å². The first-order chi connectivity index (χ1) is 19.8. The van der Waals surface area contributed by atoms with Gasteiger partial charge in [0.15, 0.2) is 0 Å². The van der Waals surface area contributed by atoms with Crippen molar-refractivity contribution in [2.75, 3.05) is 33.2 Å². The molecule has 11 nitrogen and oxygen atoms in total. The van der Waals surface area contributed by atoms with Crippen LogP contribution in [-0.2, 0) is 27.1 Å². The summed E-state index contributed by atoms with van der Waals surface area (Å²) < 4.78 is 21.1. The minimum absolute atomic E-state index is 0.0223. The maximum absolute atomic E-state index is 13.2. The second kappa shape index (κ2) is 12.6. The maximum Gasteiger partial charge on any atom is 0.262 e. The lowest BCUT2D eigenvalue weighted by Gasteiger charge is -2.39. The Labute approximate surface area is 241 Å². The number of benzene rings is 2. The number of aldehydes is 1. The van der Waals surface area contributed by atoms with Crippen LogP contribution in [0.25, 0.3) is 0 Å². The minimum Gasteiger partial charge on any atom is -0.488 e. The van der Waals surface area contributed by atoms with Gasteiger partial charge in [0, 0.05) is 52.2 Å². The Balaban J connectivity index is 1.17. The van der Waals surface area contributed by atoms with Crippen molar-refractivity contribution in [1.29, 1.82) is 0 Å². The number of ether oxygens (including phenoxy) is 1. The standard InChI is InChI=1S/C29H35N5O6S/c1-31-27(36)26(6-3-13-35)34-28(37)24-8-7-19(14-25(24)29(34)38)16-32-17-22(18-32)40-21-4-2-5-23(15-21)41(39)33-11-9-20(30)10-12-33/h2,4-5,7-8,13-15,20,22,26H,3,6,9-12,16-18,30H2,1H3,(H,31,36). The highest BCUT2D eigenvalue weighted by atomic mass is 32.2. The first kappa shape index (κ1) is 29.1.